The molecule has 0 saturated carbocycles. The molecule has 0 fully saturated rings. The van der Waals surface area contributed by atoms with Crippen LogP contribution in [0.15, 0.2) is 11.0 Å². The summed E-state index contributed by atoms with van der Waals surface area (Å²) in [5.74, 6) is -0.591. The third-order valence-corrected chi connectivity index (χ3v) is 5.24. The van der Waals surface area contributed by atoms with Crippen LogP contribution in [0.1, 0.15) is 44.7 Å². The molecule has 6 heteroatoms. The lowest BCUT2D eigenvalue weighted by Gasteiger charge is -2.26. The zero-order valence-corrected chi connectivity index (χ0v) is 13.5. The number of benzene rings is 1. The molecule has 0 saturated heterocycles. The van der Waals surface area contributed by atoms with Crippen LogP contribution in [0.3, 0.4) is 0 Å². The molecular formula is C14H23FN2O2S. The highest BCUT2D eigenvalue weighted by molar-refractivity contribution is 7.89. The molecule has 20 heavy (non-hydrogen) atoms. The number of aryl methyl sites for hydroxylation is 1. The highest BCUT2D eigenvalue weighted by Gasteiger charge is 2.29. The Morgan fingerprint density at radius 2 is 1.90 bits per heavy atom. The van der Waals surface area contributed by atoms with E-state index in [1.165, 1.54) is 6.92 Å². The van der Waals surface area contributed by atoms with Gasteiger partial charge in [0.05, 0.1) is 10.6 Å². The summed E-state index contributed by atoms with van der Waals surface area (Å²) in [6.45, 7) is 8.73. The van der Waals surface area contributed by atoms with Crippen molar-refractivity contribution in [3.8, 4) is 0 Å². The third kappa shape index (κ3) is 3.49. The molecule has 114 valence electrons. The molecular weight excluding hydrogens is 279 g/mol. The standard InChI is InChI=1S/C14H23FN2O2S/c1-6-7-14(4,5)17-20(18,19)13-9(2)8-11(15)12(16)10(13)3/h8,17H,6-7,16H2,1-5H3. The highest BCUT2D eigenvalue weighted by Crippen LogP contribution is 2.28. The molecule has 1 rings (SSSR count). The SMILES string of the molecule is CCCC(C)(C)NS(=O)(=O)c1c(C)cc(F)c(N)c1C. The lowest BCUT2D eigenvalue weighted by Crippen LogP contribution is -2.43. The summed E-state index contributed by atoms with van der Waals surface area (Å²) in [6, 6.07) is 1.16. The van der Waals surface area contributed by atoms with Crippen LogP contribution >= 0.6 is 0 Å². The van der Waals surface area contributed by atoms with Gasteiger partial charge in [-0.1, -0.05) is 13.3 Å². The molecule has 1 aromatic rings. The van der Waals surface area contributed by atoms with Gasteiger partial charge < -0.3 is 5.73 Å². The van der Waals surface area contributed by atoms with Gasteiger partial charge in [0.2, 0.25) is 10.0 Å². The summed E-state index contributed by atoms with van der Waals surface area (Å²) < 4.78 is 41.3. The van der Waals surface area contributed by atoms with E-state index in [2.05, 4.69) is 4.72 Å². The van der Waals surface area contributed by atoms with E-state index >= 15 is 0 Å². The van der Waals surface area contributed by atoms with Crippen molar-refractivity contribution in [1.29, 1.82) is 0 Å². The van der Waals surface area contributed by atoms with Crippen molar-refractivity contribution >= 4 is 15.7 Å². The van der Waals surface area contributed by atoms with Crippen LogP contribution in [0.25, 0.3) is 0 Å². The van der Waals surface area contributed by atoms with Crippen LogP contribution in [0.4, 0.5) is 10.1 Å². The molecule has 1 aromatic carbocycles. The molecule has 0 heterocycles. The molecule has 0 aliphatic heterocycles. The van der Waals surface area contributed by atoms with Crippen molar-refractivity contribution < 1.29 is 12.8 Å². The van der Waals surface area contributed by atoms with Gasteiger partial charge in [0.25, 0.3) is 0 Å². The molecule has 0 aliphatic rings. The maximum Gasteiger partial charge on any atom is 0.241 e. The van der Waals surface area contributed by atoms with Gasteiger partial charge in [-0.25, -0.2) is 17.5 Å². The normalized spacial score (nSPS) is 12.7. The molecule has 0 bridgehead atoms. The first-order valence-electron chi connectivity index (χ1n) is 6.61. The van der Waals surface area contributed by atoms with E-state index in [1.807, 2.05) is 20.8 Å². The van der Waals surface area contributed by atoms with Crippen LogP contribution in [0.2, 0.25) is 0 Å². The first-order chi connectivity index (χ1) is 9.02. The quantitative estimate of drug-likeness (QED) is 0.821. The fourth-order valence-corrected chi connectivity index (χ4v) is 4.36. The van der Waals surface area contributed by atoms with Crippen molar-refractivity contribution in [3.63, 3.8) is 0 Å². The molecule has 3 N–H and O–H groups in total. The monoisotopic (exact) mass is 302 g/mol. The molecule has 0 unspecified atom stereocenters. The lowest BCUT2D eigenvalue weighted by atomic mass is 10.0. The average Bonchev–Trinajstić information content (AvgIpc) is 2.23. The largest absolute Gasteiger partial charge is 0.396 e. The summed E-state index contributed by atoms with van der Waals surface area (Å²) in [4.78, 5) is 0.0700. The summed E-state index contributed by atoms with van der Waals surface area (Å²) in [5, 5.41) is 0. The second-order valence-corrected chi connectivity index (χ2v) is 7.40. The Balaban J connectivity index is 3.34. The minimum absolute atomic E-state index is 0.0700. The van der Waals surface area contributed by atoms with Gasteiger partial charge in [-0.15, -0.1) is 0 Å². The Labute approximate surface area is 120 Å². The van der Waals surface area contributed by atoms with Crippen LogP contribution < -0.4 is 10.5 Å². The van der Waals surface area contributed by atoms with Crippen molar-refractivity contribution in [2.75, 3.05) is 5.73 Å². The second kappa shape index (κ2) is 5.69. The Morgan fingerprint density at radius 1 is 1.35 bits per heavy atom. The Bertz CT molecular complexity index is 610. The van der Waals surface area contributed by atoms with Crippen molar-refractivity contribution in [3.05, 3.63) is 23.0 Å². The van der Waals surface area contributed by atoms with Crippen molar-refractivity contribution in [1.82, 2.24) is 4.72 Å². The van der Waals surface area contributed by atoms with Gasteiger partial charge in [0, 0.05) is 5.54 Å². The molecule has 0 atom stereocenters. The van der Waals surface area contributed by atoms with Gasteiger partial charge in [-0.2, -0.15) is 0 Å². The lowest BCUT2D eigenvalue weighted by molar-refractivity contribution is 0.417. The van der Waals surface area contributed by atoms with Crippen molar-refractivity contribution in [2.45, 2.75) is 57.9 Å². The summed E-state index contributed by atoms with van der Waals surface area (Å²) >= 11 is 0. The van der Waals surface area contributed by atoms with Gasteiger partial charge in [0.15, 0.2) is 0 Å². The number of anilines is 1. The number of nitrogens with one attached hydrogen (secondary N) is 1. The van der Waals surface area contributed by atoms with Gasteiger partial charge >= 0.3 is 0 Å². The van der Waals surface area contributed by atoms with Gasteiger partial charge in [-0.3, -0.25) is 0 Å². The predicted octanol–water partition coefficient (Wildman–Crippen LogP) is 2.88. The maximum absolute atomic E-state index is 13.5. The molecule has 0 aromatic heterocycles. The van der Waals surface area contributed by atoms with E-state index in [9.17, 15) is 12.8 Å². The van der Waals surface area contributed by atoms with E-state index < -0.39 is 21.4 Å². The first-order valence-corrected chi connectivity index (χ1v) is 8.09. The Morgan fingerprint density at radius 3 is 2.40 bits per heavy atom. The fourth-order valence-electron chi connectivity index (χ4n) is 2.43. The number of hydrogen-bond acceptors (Lipinski definition) is 3. The van der Waals surface area contributed by atoms with E-state index in [1.54, 1.807) is 6.92 Å². The smallest absolute Gasteiger partial charge is 0.241 e. The number of sulfonamides is 1. The predicted molar refractivity (Wildman–Crippen MR) is 79.6 cm³/mol. The topological polar surface area (TPSA) is 72.2 Å². The number of nitrogen functional groups attached to an aromatic ring is 1. The average molecular weight is 302 g/mol. The van der Waals surface area contributed by atoms with Crippen molar-refractivity contribution in [2.24, 2.45) is 0 Å². The number of hydrogen-bond donors (Lipinski definition) is 2. The molecule has 4 nitrogen and oxygen atoms in total. The fraction of sp³-hybridized carbons (Fsp3) is 0.571. The van der Waals surface area contributed by atoms with E-state index in [0.717, 1.165) is 12.5 Å². The second-order valence-electron chi connectivity index (χ2n) is 5.78. The summed E-state index contributed by atoms with van der Waals surface area (Å²) in [7, 11) is -3.74. The first kappa shape index (κ1) is 16.9. The third-order valence-electron chi connectivity index (χ3n) is 3.26. The van der Waals surface area contributed by atoms with Crippen LogP contribution in [0.5, 0.6) is 0 Å². The minimum Gasteiger partial charge on any atom is -0.396 e. The van der Waals surface area contributed by atoms with Crippen LogP contribution in [-0.2, 0) is 10.0 Å². The zero-order chi connectivity index (χ0) is 15.7. The number of nitrogens with two attached hydrogens (primary N) is 1. The van der Waals surface area contributed by atoms with Gasteiger partial charge in [0.1, 0.15) is 5.82 Å². The Kier molecular flexibility index (Phi) is 4.82. The minimum atomic E-state index is -3.74. The maximum atomic E-state index is 13.5. The van der Waals surface area contributed by atoms with E-state index in [4.69, 9.17) is 5.73 Å². The number of halogens is 1. The molecule has 0 amide bonds. The molecule has 0 aliphatic carbocycles. The molecule has 0 radical (unpaired) electrons. The van der Waals surface area contributed by atoms with E-state index in [-0.39, 0.29) is 16.1 Å². The van der Waals surface area contributed by atoms with Gasteiger partial charge in [-0.05, 0) is 51.3 Å². The Hall–Kier alpha value is -1.14. The summed E-state index contributed by atoms with van der Waals surface area (Å²) in [6.07, 6.45) is 1.57. The van der Waals surface area contributed by atoms with Crippen LogP contribution in [0, 0.1) is 19.7 Å². The highest BCUT2D eigenvalue weighted by atomic mass is 32.2. The van der Waals surface area contributed by atoms with E-state index in [0.29, 0.717) is 12.0 Å². The number of rotatable bonds is 5. The summed E-state index contributed by atoms with van der Waals surface area (Å²) in [5.41, 5.74) is 5.53. The molecule has 0 spiro atoms. The van der Waals surface area contributed by atoms with Crippen LogP contribution in [-0.4, -0.2) is 14.0 Å². The zero-order valence-electron chi connectivity index (χ0n) is 12.7.